The van der Waals surface area contributed by atoms with E-state index in [0.29, 0.717) is 0 Å². The number of halogens is 3. The molecule has 1 atom stereocenters. The quantitative estimate of drug-likeness (QED) is 0.869. The molecule has 1 rings (SSSR count). The first-order valence-electron chi connectivity index (χ1n) is 5.71. The lowest BCUT2D eigenvalue weighted by molar-refractivity contribution is -0.179. The minimum absolute atomic E-state index is 0.146. The largest absolute Gasteiger partial charge is 0.481 e. The molecule has 0 radical (unpaired) electrons. The smallest absolute Gasteiger partial charge is 0.411 e. The summed E-state index contributed by atoms with van der Waals surface area (Å²) in [5.74, 6) is -2.15. The number of carboxylic acid groups (broad SMARTS) is 1. The van der Waals surface area contributed by atoms with Crippen LogP contribution in [0, 0.1) is 12.8 Å². The van der Waals surface area contributed by atoms with Gasteiger partial charge in [-0.3, -0.25) is 4.79 Å². The number of hydrogen-bond acceptors (Lipinski definition) is 2. The number of carbonyl (C=O) groups is 1. The Morgan fingerprint density at radius 1 is 1.32 bits per heavy atom. The van der Waals surface area contributed by atoms with Crippen molar-refractivity contribution in [3.8, 4) is 0 Å². The number of ether oxygens (including phenoxy) is 1. The maximum Gasteiger partial charge on any atom is 0.411 e. The molecule has 0 aliphatic carbocycles. The Morgan fingerprint density at radius 3 is 2.37 bits per heavy atom. The van der Waals surface area contributed by atoms with Gasteiger partial charge in [-0.05, 0) is 18.9 Å². The second-order valence-electron chi connectivity index (χ2n) is 4.36. The Labute approximate surface area is 109 Å². The van der Waals surface area contributed by atoms with E-state index in [0.717, 1.165) is 11.1 Å². The van der Waals surface area contributed by atoms with Crippen LogP contribution in [-0.4, -0.2) is 30.5 Å². The summed E-state index contributed by atoms with van der Waals surface area (Å²) >= 11 is 0. The lowest BCUT2D eigenvalue weighted by Gasteiger charge is -2.14. The molecule has 0 bridgehead atoms. The zero-order chi connectivity index (χ0) is 14.5. The SMILES string of the molecule is Cc1ccc(CC(COCC(F)(F)F)C(=O)O)cc1. The molecule has 6 heteroatoms. The second-order valence-corrected chi connectivity index (χ2v) is 4.36. The van der Waals surface area contributed by atoms with Gasteiger partial charge in [-0.1, -0.05) is 29.8 Å². The van der Waals surface area contributed by atoms with E-state index in [4.69, 9.17) is 5.11 Å². The highest BCUT2D eigenvalue weighted by atomic mass is 19.4. The molecule has 0 saturated heterocycles. The highest BCUT2D eigenvalue weighted by Crippen LogP contribution is 2.16. The van der Waals surface area contributed by atoms with Crippen molar-refractivity contribution in [1.29, 1.82) is 0 Å². The van der Waals surface area contributed by atoms with Gasteiger partial charge in [0.15, 0.2) is 0 Å². The van der Waals surface area contributed by atoms with E-state index in [9.17, 15) is 18.0 Å². The summed E-state index contributed by atoms with van der Waals surface area (Å²) in [7, 11) is 0. The van der Waals surface area contributed by atoms with E-state index in [1.807, 2.05) is 19.1 Å². The molecule has 0 spiro atoms. The van der Waals surface area contributed by atoms with Gasteiger partial charge < -0.3 is 9.84 Å². The average Bonchev–Trinajstić information content (AvgIpc) is 2.28. The van der Waals surface area contributed by atoms with Crippen molar-refractivity contribution in [3.63, 3.8) is 0 Å². The molecular weight excluding hydrogens is 261 g/mol. The zero-order valence-electron chi connectivity index (χ0n) is 10.4. The normalized spacial score (nSPS) is 13.3. The number of carboxylic acids is 1. The number of rotatable bonds is 6. The molecule has 0 heterocycles. The maximum absolute atomic E-state index is 11.9. The highest BCUT2D eigenvalue weighted by molar-refractivity contribution is 5.70. The average molecular weight is 276 g/mol. The Hall–Kier alpha value is -1.56. The first-order chi connectivity index (χ1) is 8.78. The van der Waals surface area contributed by atoms with Gasteiger partial charge in [-0.2, -0.15) is 13.2 Å². The molecule has 0 aliphatic rings. The Morgan fingerprint density at radius 2 is 1.89 bits per heavy atom. The summed E-state index contributed by atoms with van der Waals surface area (Å²) in [5.41, 5.74) is 1.79. The van der Waals surface area contributed by atoms with Gasteiger partial charge in [0, 0.05) is 0 Å². The highest BCUT2D eigenvalue weighted by Gasteiger charge is 2.29. The molecule has 1 aromatic rings. The predicted molar refractivity (Wildman–Crippen MR) is 62.9 cm³/mol. The van der Waals surface area contributed by atoms with Crippen molar-refractivity contribution in [2.45, 2.75) is 19.5 Å². The topological polar surface area (TPSA) is 46.5 Å². The van der Waals surface area contributed by atoms with Crippen LogP contribution in [0.5, 0.6) is 0 Å². The van der Waals surface area contributed by atoms with E-state index in [2.05, 4.69) is 4.74 Å². The molecule has 19 heavy (non-hydrogen) atoms. The number of alkyl halides is 3. The summed E-state index contributed by atoms with van der Waals surface area (Å²) < 4.78 is 40.1. The maximum atomic E-state index is 11.9. The number of hydrogen-bond donors (Lipinski definition) is 1. The number of benzene rings is 1. The Bertz CT molecular complexity index is 412. The van der Waals surface area contributed by atoms with Crippen molar-refractivity contribution in [1.82, 2.24) is 0 Å². The third kappa shape index (κ3) is 6.24. The van der Waals surface area contributed by atoms with Gasteiger partial charge in [0.05, 0.1) is 12.5 Å². The molecule has 106 valence electrons. The number of aliphatic carboxylic acids is 1. The molecule has 1 unspecified atom stereocenters. The van der Waals surface area contributed by atoms with Crippen molar-refractivity contribution >= 4 is 5.97 Å². The van der Waals surface area contributed by atoms with Crippen LogP contribution in [0.3, 0.4) is 0 Å². The van der Waals surface area contributed by atoms with Gasteiger partial charge in [-0.25, -0.2) is 0 Å². The monoisotopic (exact) mass is 276 g/mol. The summed E-state index contributed by atoms with van der Waals surface area (Å²) in [6.45, 7) is 0.0122. The van der Waals surface area contributed by atoms with Crippen molar-refractivity contribution < 1.29 is 27.8 Å². The molecule has 0 saturated carbocycles. The Balaban J connectivity index is 2.53. The zero-order valence-corrected chi connectivity index (χ0v) is 10.4. The van der Waals surface area contributed by atoms with Crippen LogP contribution in [0.4, 0.5) is 13.2 Å². The van der Waals surface area contributed by atoms with E-state index < -0.39 is 31.3 Å². The molecule has 0 aromatic heterocycles. The van der Waals surface area contributed by atoms with Crippen LogP contribution in [0.15, 0.2) is 24.3 Å². The van der Waals surface area contributed by atoms with Gasteiger partial charge in [0.25, 0.3) is 0 Å². The fourth-order valence-electron chi connectivity index (χ4n) is 1.54. The molecule has 0 fully saturated rings. The third-order valence-corrected chi connectivity index (χ3v) is 2.54. The summed E-state index contributed by atoms with van der Waals surface area (Å²) in [5, 5.41) is 8.96. The molecule has 1 N–H and O–H groups in total. The van der Waals surface area contributed by atoms with Crippen LogP contribution in [0.2, 0.25) is 0 Å². The van der Waals surface area contributed by atoms with E-state index in [-0.39, 0.29) is 6.42 Å². The summed E-state index contributed by atoms with van der Waals surface area (Å²) in [6.07, 6.45) is -4.29. The van der Waals surface area contributed by atoms with Gasteiger partial charge in [0.1, 0.15) is 6.61 Å². The van der Waals surface area contributed by atoms with Crippen LogP contribution in [0.1, 0.15) is 11.1 Å². The first-order valence-corrected chi connectivity index (χ1v) is 5.71. The van der Waals surface area contributed by atoms with Crippen LogP contribution in [0.25, 0.3) is 0 Å². The minimum atomic E-state index is -4.44. The second kappa shape index (κ2) is 6.56. The number of aryl methyl sites for hydroxylation is 1. The Kier molecular flexibility index (Phi) is 5.35. The molecular formula is C13H15F3O3. The van der Waals surface area contributed by atoms with Crippen molar-refractivity contribution in [2.24, 2.45) is 5.92 Å². The fourth-order valence-corrected chi connectivity index (χ4v) is 1.54. The lowest BCUT2D eigenvalue weighted by Crippen LogP contribution is -2.26. The first kappa shape index (κ1) is 15.5. The van der Waals surface area contributed by atoms with Crippen LogP contribution in [-0.2, 0) is 16.0 Å². The minimum Gasteiger partial charge on any atom is -0.481 e. The summed E-state index contributed by atoms with van der Waals surface area (Å²) in [6, 6.07) is 7.17. The van der Waals surface area contributed by atoms with Gasteiger partial charge in [-0.15, -0.1) is 0 Å². The summed E-state index contributed by atoms with van der Waals surface area (Å²) in [4.78, 5) is 11.0. The van der Waals surface area contributed by atoms with E-state index >= 15 is 0 Å². The third-order valence-electron chi connectivity index (χ3n) is 2.54. The standard InChI is InChI=1S/C13H15F3O3/c1-9-2-4-10(5-3-9)6-11(12(17)18)7-19-8-13(14,15)16/h2-5,11H,6-8H2,1H3,(H,17,18). The molecule has 1 aromatic carbocycles. The van der Waals surface area contributed by atoms with Crippen LogP contribution >= 0.6 is 0 Å². The lowest BCUT2D eigenvalue weighted by atomic mass is 9.99. The predicted octanol–water partition coefficient (Wildman–Crippen LogP) is 2.82. The van der Waals surface area contributed by atoms with E-state index in [1.54, 1.807) is 12.1 Å². The van der Waals surface area contributed by atoms with E-state index in [1.165, 1.54) is 0 Å². The fraction of sp³-hybridized carbons (Fsp3) is 0.462. The van der Waals surface area contributed by atoms with Crippen LogP contribution < -0.4 is 0 Å². The molecule has 3 nitrogen and oxygen atoms in total. The molecule has 0 aliphatic heterocycles. The van der Waals surface area contributed by atoms with Crippen molar-refractivity contribution in [3.05, 3.63) is 35.4 Å². The van der Waals surface area contributed by atoms with Crippen molar-refractivity contribution in [2.75, 3.05) is 13.2 Å². The van der Waals surface area contributed by atoms with Gasteiger partial charge in [0.2, 0.25) is 0 Å². The molecule has 0 amide bonds. The van der Waals surface area contributed by atoms with Gasteiger partial charge >= 0.3 is 12.1 Å².